The highest BCUT2D eigenvalue weighted by Crippen LogP contribution is 2.38. The Kier molecular flexibility index (Phi) is 4.67. The van der Waals surface area contributed by atoms with Crippen molar-refractivity contribution in [2.45, 2.75) is 0 Å². The molecular formula is C10H3Cl4NO2. The first-order valence-corrected chi connectivity index (χ1v) is 5.57. The molecule has 0 fully saturated rings. The second-order valence-electron chi connectivity index (χ2n) is 2.86. The van der Waals surface area contributed by atoms with Gasteiger partial charge in [0.1, 0.15) is 11.6 Å². The highest BCUT2D eigenvalue weighted by molar-refractivity contribution is 6.52. The molecule has 1 aromatic carbocycles. The molecule has 0 aromatic heterocycles. The van der Waals surface area contributed by atoms with E-state index in [1.54, 1.807) is 0 Å². The maximum absolute atomic E-state index is 10.7. The average molecular weight is 311 g/mol. The maximum Gasteiger partial charge on any atom is 0.346 e. The third-order valence-electron chi connectivity index (χ3n) is 1.78. The van der Waals surface area contributed by atoms with Crippen molar-refractivity contribution in [2.75, 3.05) is 0 Å². The van der Waals surface area contributed by atoms with Crippen LogP contribution in [0.4, 0.5) is 0 Å². The molecule has 1 aromatic rings. The number of rotatable bonds is 2. The molecule has 0 aliphatic rings. The van der Waals surface area contributed by atoms with Crippen LogP contribution < -0.4 is 0 Å². The SMILES string of the molecule is N#CC(=Cc1cc(Cl)c(Cl)c(Cl)c1Cl)C(=O)O. The van der Waals surface area contributed by atoms with E-state index < -0.39 is 11.5 Å². The zero-order valence-electron chi connectivity index (χ0n) is 7.97. The van der Waals surface area contributed by atoms with Crippen molar-refractivity contribution in [3.05, 3.63) is 37.3 Å². The van der Waals surface area contributed by atoms with Gasteiger partial charge in [-0.1, -0.05) is 46.4 Å². The van der Waals surface area contributed by atoms with Crippen molar-refractivity contribution >= 4 is 58.4 Å². The van der Waals surface area contributed by atoms with Crippen molar-refractivity contribution in [2.24, 2.45) is 0 Å². The lowest BCUT2D eigenvalue weighted by atomic mass is 10.1. The molecule has 0 aliphatic heterocycles. The van der Waals surface area contributed by atoms with Gasteiger partial charge in [-0.2, -0.15) is 5.26 Å². The summed E-state index contributed by atoms with van der Waals surface area (Å²) in [5.41, 5.74) is -0.272. The number of hydrogen-bond donors (Lipinski definition) is 1. The average Bonchev–Trinajstić information content (AvgIpc) is 2.29. The number of nitrogens with zero attached hydrogens (tertiary/aromatic N) is 1. The van der Waals surface area contributed by atoms with E-state index >= 15 is 0 Å². The molecule has 17 heavy (non-hydrogen) atoms. The van der Waals surface area contributed by atoms with Crippen molar-refractivity contribution in [3.63, 3.8) is 0 Å². The number of hydrogen-bond acceptors (Lipinski definition) is 2. The Labute approximate surface area is 117 Å². The summed E-state index contributed by atoms with van der Waals surface area (Å²) in [6.07, 6.45) is 1.07. The summed E-state index contributed by atoms with van der Waals surface area (Å²) >= 11 is 23.1. The number of carbonyl (C=O) groups is 1. The summed E-state index contributed by atoms with van der Waals surface area (Å²) in [6, 6.07) is 2.85. The van der Waals surface area contributed by atoms with E-state index in [0.29, 0.717) is 0 Å². The molecule has 0 amide bonds. The van der Waals surface area contributed by atoms with Crippen LogP contribution >= 0.6 is 46.4 Å². The van der Waals surface area contributed by atoms with Crippen LogP contribution in [0, 0.1) is 11.3 Å². The highest BCUT2D eigenvalue weighted by Gasteiger charge is 2.14. The molecule has 0 unspecified atom stereocenters. The van der Waals surface area contributed by atoms with Gasteiger partial charge < -0.3 is 5.11 Å². The van der Waals surface area contributed by atoms with Gasteiger partial charge >= 0.3 is 5.97 Å². The normalized spacial score (nSPS) is 11.1. The van der Waals surface area contributed by atoms with Crippen LogP contribution in [0.2, 0.25) is 20.1 Å². The van der Waals surface area contributed by atoms with E-state index in [-0.39, 0.29) is 25.7 Å². The number of carboxylic acid groups (broad SMARTS) is 1. The molecule has 0 spiro atoms. The lowest BCUT2D eigenvalue weighted by molar-refractivity contribution is -0.132. The van der Waals surface area contributed by atoms with E-state index in [1.807, 2.05) is 0 Å². The fourth-order valence-electron chi connectivity index (χ4n) is 0.994. The van der Waals surface area contributed by atoms with E-state index in [1.165, 1.54) is 12.1 Å². The zero-order chi connectivity index (χ0) is 13.2. The monoisotopic (exact) mass is 309 g/mol. The maximum atomic E-state index is 10.7. The molecule has 1 rings (SSSR count). The van der Waals surface area contributed by atoms with Crippen molar-refractivity contribution in [3.8, 4) is 6.07 Å². The second kappa shape index (κ2) is 5.61. The van der Waals surface area contributed by atoms with Crippen LogP contribution in [-0.4, -0.2) is 11.1 Å². The summed E-state index contributed by atoms with van der Waals surface area (Å²) in [5.74, 6) is -1.37. The first-order chi connectivity index (χ1) is 7.88. The first-order valence-electron chi connectivity index (χ1n) is 4.06. The molecular weight excluding hydrogens is 308 g/mol. The molecule has 0 saturated carbocycles. The first kappa shape index (κ1) is 14.1. The van der Waals surface area contributed by atoms with Crippen LogP contribution in [0.25, 0.3) is 6.08 Å². The van der Waals surface area contributed by atoms with Crippen LogP contribution in [-0.2, 0) is 4.79 Å². The fourth-order valence-corrected chi connectivity index (χ4v) is 1.87. The summed E-state index contributed by atoms with van der Waals surface area (Å²) in [5, 5.41) is 17.5. The number of carboxylic acids is 1. The lowest BCUT2D eigenvalue weighted by Gasteiger charge is -2.05. The molecule has 0 bridgehead atoms. The third kappa shape index (κ3) is 3.05. The fraction of sp³-hybridized carbons (Fsp3) is 0. The van der Waals surface area contributed by atoms with Gasteiger partial charge in [0.2, 0.25) is 0 Å². The van der Waals surface area contributed by atoms with Gasteiger partial charge in [-0.3, -0.25) is 0 Å². The molecule has 3 nitrogen and oxygen atoms in total. The topological polar surface area (TPSA) is 61.1 Å². The zero-order valence-corrected chi connectivity index (χ0v) is 11.0. The number of aliphatic carboxylic acids is 1. The number of benzene rings is 1. The minimum absolute atomic E-state index is 0.00904. The molecule has 7 heteroatoms. The van der Waals surface area contributed by atoms with Crippen LogP contribution in [0.3, 0.4) is 0 Å². The standard InChI is InChI=1S/C10H3Cl4NO2/c11-6-2-4(1-5(3-15)10(16)17)7(12)9(14)8(6)13/h1-2H,(H,16,17). The largest absolute Gasteiger partial charge is 0.477 e. The van der Waals surface area contributed by atoms with E-state index in [9.17, 15) is 4.79 Å². The van der Waals surface area contributed by atoms with Gasteiger partial charge in [-0.25, -0.2) is 4.79 Å². The second-order valence-corrected chi connectivity index (χ2v) is 4.41. The Morgan fingerprint density at radius 3 is 2.29 bits per heavy atom. The predicted octanol–water partition coefficient (Wildman–Crippen LogP) is 4.29. The third-order valence-corrected chi connectivity index (χ3v) is 3.55. The Morgan fingerprint density at radius 1 is 1.24 bits per heavy atom. The summed E-state index contributed by atoms with van der Waals surface area (Å²) in [4.78, 5) is 10.7. The van der Waals surface area contributed by atoms with E-state index in [0.717, 1.165) is 6.08 Å². The molecule has 0 aliphatic carbocycles. The Balaban J connectivity index is 3.45. The van der Waals surface area contributed by atoms with Gasteiger partial charge in [0, 0.05) is 0 Å². The molecule has 0 heterocycles. The molecule has 88 valence electrons. The van der Waals surface area contributed by atoms with Gasteiger partial charge in [0.15, 0.2) is 0 Å². The van der Waals surface area contributed by atoms with E-state index in [4.69, 9.17) is 56.8 Å². The molecule has 1 N–H and O–H groups in total. The molecule has 0 atom stereocenters. The Bertz CT molecular complexity index is 560. The van der Waals surface area contributed by atoms with Crippen molar-refractivity contribution in [1.29, 1.82) is 5.26 Å². The van der Waals surface area contributed by atoms with Crippen molar-refractivity contribution < 1.29 is 9.90 Å². The van der Waals surface area contributed by atoms with Crippen LogP contribution in [0.1, 0.15) is 5.56 Å². The summed E-state index contributed by atoms with van der Waals surface area (Å²) in [6.45, 7) is 0. The minimum atomic E-state index is -1.37. The quantitative estimate of drug-likeness (QED) is 0.383. The van der Waals surface area contributed by atoms with Crippen molar-refractivity contribution in [1.82, 2.24) is 0 Å². The smallest absolute Gasteiger partial charge is 0.346 e. The predicted molar refractivity (Wildman–Crippen MR) is 67.7 cm³/mol. The van der Waals surface area contributed by atoms with Crippen LogP contribution in [0.5, 0.6) is 0 Å². The van der Waals surface area contributed by atoms with E-state index in [2.05, 4.69) is 0 Å². The highest BCUT2D eigenvalue weighted by atomic mass is 35.5. The lowest BCUT2D eigenvalue weighted by Crippen LogP contribution is -1.97. The molecule has 0 saturated heterocycles. The summed E-state index contributed by atoms with van der Waals surface area (Å²) < 4.78 is 0. The van der Waals surface area contributed by atoms with Gasteiger partial charge in [-0.15, -0.1) is 0 Å². The van der Waals surface area contributed by atoms with Crippen LogP contribution in [0.15, 0.2) is 11.6 Å². The number of halogens is 4. The molecule has 0 radical (unpaired) electrons. The Hall–Kier alpha value is -0.920. The van der Waals surface area contributed by atoms with Gasteiger partial charge in [0.05, 0.1) is 20.1 Å². The summed E-state index contributed by atoms with van der Waals surface area (Å²) in [7, 11) is 0. The Morgan fingerprint density at radius 2 is 1.82 bits per heavy atom. The minimum Gasteiger partial charge on any atom is -0.477 e. The number of nitriles is 1. The van der Waals surface area contributed by atoms with Gasteiger partial charge in [0.25, 0.3) is 0 Å². The van der Waals surface area contributed by atoms with Gasteiger partial charge in [-0.05, 0) is 17.7 Å².